The third-order valence-corrected chi connectivity index (χ3v) is 4.22. The van der Waals surface area contributed by atoms with Gasteiger partial charge in [0, 0.05) is 31.9 Å². The molecule has 0 bridgehead atoms. The molecule has 0 spiro atoms. The molecule has 0 saturated carbocycles. The number of amides is 1. The monoisotopic (exact) mass is 315 g/mol. The van der Waals surface area contributed by atoms with Crippen LogP contribution in [-0.2, 0) is 4.79 Å². The SMILES string of the molecule is COc1ccc(N2CCN(C(=O)[C@H](C)n3cncn3)CC2)cc1. The summed E-state index contributed by atoms with van der Waals surface area (Å²) in [6.45, 7) is 4.92. The van der Waals surface area contributed by atoms with Crippen molar-refractivity contribution in [3.05, 3.63) is 36.9 Å². The summed E-state index contributed by atoms with van der Waals surface area (Å²) >= 11 is 0. The maximum atomic E-state index is 12.5. The van der Waals surface area contributed by atoms with E-state index in [-0.39, 0.29) is 11.9 Å². The van der Waals surface area contributed by atoms with Gasteiger partial charge in [-0.2, -0.15) is 5.10 Å². The summed E-state index contributed by atoms with van der Waals surface area (Å²) < 4.78 is 6.78. The van der Waals surface area contributed by atoms with Crippen LogP contribution in [0, 0.1) is 0 Å². The van der Waals surface area contributed by atoms with Gasteiger partial charge in [0.1, 0.15) is 24.4 Å². The van der Waals surface area contributed by atoms with Crippen molar-refractivity contribution in [1.29, 1.82) is 0 Å². The van der Waals surface area contributed by atoms with Gasteiger partial charge in [0.15, 0.2) is 0 Å². The zero-order valence-electron chi connectivity index (χ0n) is 13.4. The molecule has 1 amide bonds. The van der Waals surface area contributed by atoms with Crippen LogP contribution in [0.3, 0.4) is 0 Å². The van der Waals surface area contributed by atoms with Crippen molar-refractivity contribution in [3.63, 3.8) is 0 Å². The second-order valence-electron chi connectivity index (χ2n) is 5.56. The first-order valence-corrected chi connectivity index (χ1v) is 7.71. The molecule has 122 valence electrons. The van der Waals surface area contributed by atoms with Crippen LogP contribution in [0.2, 0.25) is 0 Å². The zero-order valence-corrected chi connectivity index (χ0v) is 13.4. The summed E-state index contributed by atoms with van der Waals surface area (Å²) in [7, 11) is 1.66. The highest BCUT2D eigenvalue weighted by molar-refractivity contribution is 5.80. The molecule has 1 atom stereocenters. The maximum absolute atomic E-state index is 12.5. The van der Waals surface area contributed by atoms with Gasteiger partial charge in [0.05, 0.1) is 7.11 Å². The van der Waals surface area contributed by atoms with Crippen molar-refractivity contribution in [2.75, 3.05) is 38.2 Å². The summed E-state index contributed by atoms with van der Waals surface area (Å²) in [4.78, 5) is 20.6. The summed E-state index contributed by atoms with van der Waals surface area (Å²) in [6.07, 6.45) is 3.03. The fourth-order valence-corrected chi connectivity index (χ4v) is 2.77. The number of carbonyl (C=O) groups is 1. The minimum atomic E-state index is -0.315. The van der Waals surface area contributed by atoms with Gasteiger partial charge in [-0.05, 0) is 31.2 Å². The number of hydrogen-bond acceptors (Lipinski definition) is 5. The highest BCUT2D eigenvalue weighted by atomic mass is 16.5. The molecule has 0 unspecified atom stereocenters. The number of hydrogen-bond donors (Lipinski definition) is 0. The molecule has 0 radical (unpaired) electrons. The van der Waals surface area contributed by atoms with Crippen molar-refractivity contribution in [2.24, 2.45) is 0 Å². The van der Waals surface area contributed by atoms with Gasteiger partial charge in [-0.3, -0.25) is 4.79 Å². The molecule has 1 aliphatic rings. The Bertz CT molecular complexity index is 633. The van der Waals surface area contributed by atoms with Crippen LogP contribution < -0.4 is 9.64 Å². The Hall–Kier alpha value is -2.57. The number of ether oxygens (including phenoxy) is 1. The van der Waals surface area contributed by atoms with E-state index in [2.05, 4.69) is 15.0 Å². The Morgan fingerprint density at radius 3 is 2.43 bits per heavy atom. The van der Waals surface area contributed by atoms with Crippen molar-refractivity contribution in [3.8, 4) is 5.75 Å². The Balaban J connectivity index is 1.58. The molecule has 2 heterocycles. The normalized spacial score (nSPS) is 16.3. The Morgan fingerprint density at radius 1 is 1.17 bits per heavy atom. The van der Waals surface area contributed by atoms with Crippen LogP contribution in [0.4, 0.5) is 5.69 Å². The molecule has 1 aromatic heterocycles. The van der Waals surface area contributed by atoms with E-state index in [0.717, 1.165) is 24.5 Å². The molecule has 1 saturated heterocycles. The van der Waals surface area contributed by atoms with Crippen molar-refractivity contribution >= 4 is 11.6 Å². The van der Waals surface area contributed by atoms with E-state index in [9.17, 15) is 4.79 Å². The molecule has 0 N–H and O–H groups in total. The first-order valence-electron chi connectivity index (χ1n) is 7.71. The molecule has 1 aromatic carbocycles. The molecule has 3 rings (SSSR count). The van der Waals surface area contributed by atoms with Gasteiger partial charge in [-0.25, -0.2) is 9.67 Å². The minimum absolute atomic E-state index is 0.0879. The summed E-state index contributed by atoms with van der Waals surface area (Å²) in [5.41, 5.74) is 1.15. The lowest BCUT2D eigenvalue weighted by Gasteiger charge is -2.37. The topological polar surface area (TPSA) is 63.5 Å². The van der Waals surface area contributed by atoms with Gasteiger partial charge < -0.3 is 14.5 Å². The molecular formula is C16H21N5O2. The number of nitrogens with zero attached hydrogens (tertiary/aromatic N) is 5. The Kier molecular flexibility index (Phi) is 4.45. The first kappa shape index (κ1) is 15.3. The highest BCUT2D eigenvalue weighted by Gasteiger charge is 2.26. The van der Waals surface area contributed by atoms with Crippen molar-refractivity contribution < 1.29 is 9.53 Å². The van der Waals surface area contributed by atoms with E-state index in [1.807, 2.05) is 36.1 Å². The van der Waals surface area contributed by atoms with E-state index in [1.165, 1.54) is 6.33 Å². The average Bonchev–Trinajstić information content (AvgIpc) is 3.15. The average molecular weight is 315 g/mol. The van der Waals surface area contributed by atoms with Gasteiger partial charge in [-0.15, -0.1) is 0 Å². The predicted octanol–water partition coefficient (Wildman–Crippen LogP) is 1.20. The van der Waals surface area contributed by atoms with Gasteiger partial charge in [0.2, 0.25) is 5.91 Å². The van der Waals surface area contributed by atoms with E-state index in [4.69, 9.17) is 4.74 Å². The van der Waals surface area contributed by atoms with Crippen LogP contribution in [0.5, 0.6) is 5.75 Å². The number of rotatable bonds is 4. The molecule has 0 aliphatic carbocycles. The highest BCUT2D eigenvalue weighted by Crippen LogP contribution is 2.21. The van der Waals surface area contributed by atoms with Crippen LogP contribution in [-0.4, -0.2) is 58.9 Å². The first-order chi connectivity index (χ1) is 11.2. The van der Waals surface area contributed by atoms with E-state index in [1.54, 1.807) is 18.1 Å². The molecule has 7 nitrogen and oxygen atoms in total. The third-order valence-electron chi connectivity index (χ3n) is 4.22. The number of piperazine rings is 1. The molecule has 7 heteroatoms. The van der Waals surface area contributed by atoms with E-state index < -0.39 is 0 Å². The van der Waals surface area contributed by atoms with Crippen LogP contribution in [0.15, 0.2) is 36.9 Å². The number of methoxy groups -OCH3 is 1. The molecule has 1 fully saturated rings. The smallest absolute Gasteiger partial charge is 0.247 e. The Morgan fingerprint density at radius 2 is 1.87 bits per heavy atom. The van der Waals surface area contributed by atoms with E-state index in [0.29, 0.717) is 13.1 Å². The second kappa shape index (κ2) is 6.68. The van der Waals surface area contributed by atoms with Crippen LogP contribution in [0.25, 0.3) is 0 Å². The number of benzene rings is 1. The number of carbonyl (C=O) groups excluding carboxylic acids is 1. The summed E-state index contributed by atoms with van der Waals surface area (Å²) in [5.74, 6) is 0.939. The summed E-state index contributed by atoms with van der Waals surface area (Å²) in [6, 6.07) is 7.70. The maximum Gasteiger partial charge on any atom is 0.247 e. The second-order valence-corrected chi connectivity index (χ2v) is 5.56. The lowest BCUT2D eigenvalue weighted by molar-refractivity contribution is -0.134. The molecule has 23 heavy (non-hydrogen) atoms. The van der Waals surface area contributed by atoms with E-state index >= 15 is 0 Å². The van der Waals surface area contributed by atoms with Crippen LogP contribution >= 0.6 is 0 Å². The van der Waals surface area contributed by atoms with Crippen molar-refractivity contribution in [1.82, 2.24) is 19.7 Å². The standard InChI is InChI=1S/C16H21N5O2/c1-13(21-12-17-11-18-21)16(22)20-9-7-19(8-10-20)14-3-5-15(23-2)6-4-14/h3-6,11-13H,7-10H2,1-2H3/t13-/m0/s1. The van der Waals surface area contributed by atoms with Gasteiger partial charge >= 0.3 is 0 Å². The molecule has 1 aliphatic heterocycles. The molecule has 2 aromatic rings. The van der Waals surface area contributed by atoms with Gasteiger partial charge in [0.25, 0.3) is 0 Å². The predicted molar refractivity (Wildman–Crippen MR) is 86.5 cm³/mol. The lowest BCUT2D eigenvalue weighted by atomic mass is 10.2. The molecular weight excluding hydrogens is 294 g/mol. The fraction of sp³-hybridized carbons (Fsp3) is 0.438. The van der Waals surface area contributed by atoms with Crippen LogP contribution in [0.1, 0.15) is 13.0 Å². The number of aromatic nitrogens is 3. The zero-order chi connectivity index (χ0) is 16.2. The largest absolute Gasteiger partial charge is 0.497 e. The summed E-state index contributed by atoms with van der Waals surface area (Å²) in [5, 5.41) is 4.05. The number of anilines is 1. The Labute approximate surface area is 135 Å². The lowest BCUT2D eigenvalue weighted by Crippen LogP contribution is -2.50. The van der Waals surface area contributed by atoms with Gasteiger partial charge in [-0.1, -0.05) is 0 Å². The minimum Gasteiger partial charge on any atom is -0.497 e. The third kappa shape index (κ3) is 3.28. The van der Waals surface area contributed by atoms with Crippen molar-refractivity contribution in [2.45, 2.75) is 13.0 Å². The quantitative estimate of drug-likeness (QED) is 0.848. The fourth-order valence-electron chi connectivity index (χ4n) is 2.77.